The molecule has 1 heterocycles. The first-order valence-electron chi connectivity index (χ1n) is 9.97. The number of piperazine rings is 1. The van der Waals surface area contributed by atoms with Crippen LogP contribution in [0, 0.1) is 0 Å². The molecule has 1 aliphatic heterocycles. The van der Waals surface area contributed by atoms with Crippen LogP contribution < -0.4 is 14.2 Å². The minimum absolute atomic E-state index is 0.190. The topological polar surface area (TPSA) is 51.2 Å². The first-order valence-corrected chi connectivity index (χ1v) is 9.97. The van der Waals surface area contributed by atoms with Crippen LogP contribution in [0.2, 0.25) is 0 Å². The number of hydrogen-bond donors (Lipinski definition) is 0. The third-order valence-electron chi connectivity index (χ3n) is 5.40. The van der Waals surface area contributed by atoms with Crippen LogP contribution in [0.3, 0.4) is 0 Å². The first kappa shape index (κ1) is 21.0. The monoisotopic (exact) mass is 398 g/mol. The fourth-order valence-corrected chi connectivity index (χ4v) is 3.57. The maximum Gasteiger partial charge on any atom is 0.227 e. The summed E-state index contributed by atoms with van der Waals surface area (Å²) in [4.78, 5) is 17.0. The van der Waals surface area contributed by atoms with E-state index in [0.717, 1.165) is 62.0 Å². The van der Waals surface area contributed by atoms with E-state index < -0.39 is 0 Å². The second-order valence-electron chi connectivity index (χ2n) is 7.19. The summed E-state index contributed by atoms with van der Waals surface area (Å²) in [5, 5.41) is 0. The Morgan fingerprint density at radius 1 is 0.828 bits per heavy atom. The van der Waals surface area contributed by atoms with Crippen molar-refractivity contribution in [3.05, 3.63) is 53.6 Å². The predicted molar refractivity (Wildman–Crippen MR) is 113 cm³/mol. The number of carbonyl (C=O) groups excluding carboxylic acids is 1. The summed E-state index contributed by atoms with van der Waals surface area (Å²) < 4.78 is 15.8. The van der Waals surface area contributed by atoms with Gasteiger partial charge in [0.05, 0.1) is 27.8 Å². The number of carbonyl (C=O) groups is 1. The smallest absolute Gasteiger partial charge is 0.227 e. The summed E-state index contributed by atoms with van der Waals surface area (Å²) in [6, 6.07) is 13.8. The van der Waals surface area contributed by atoms with Crippen LogP contribution in [0.5, 0.6) is 17.2 Å². The highest BCUT2D eigenvalue weighted by molar-refractivity contribution is 5.79. The number of amides is 1. The molecule has 2 aromatic carbocycles. The van der Waals surface area contributed by atoms with Gasteiger partial charge < -0.3 is 19.1 Å². The lowest BCUT2D eigenvalue weighted by atomic mass is 10.1. The molecule has 0 unspecified atom stereocenters. The lowest BCUT2D eigenvalue weighted by Crippen LogP contribution is -2.49. The van der Waals surface area contributed by atoms with Gasteiger partial charge in [-0.05, 0) is 41.8 Å². The summed E-state index contributed by atoms with van der Waals surface area (Å²) >= 11 is 0. The third kappa shape index (κ3) is 5.64. The number of methoxy groups -OCH3 is 3. The van der Waals surface area contributed by atoms with Gasteiger partial charge in [-0.3, -0.25) is 9.69 Å². The van der Waals surface area contributed by atoms with Crippen LogP contribution >= 0.6 is 0 Å². The third-order valence-corrected chi connectivity index (χ3v) is 5.40. The van der Waals surface area contributed by atoms with E-state index in [2.05, 4.69) is 11.0 Å². The molecule has 156 valence electrons. The lowest BCUT2D eigenvalue weighted by molar-refractivity contribution is -0.132. The number of nitrogens with zero attached hydrogens (tertiary/aromatic N) is 2. The van der Waals surface area contributed by atoms with E-state index in [0.29, 0.717) is 6.42 Å². The summed E-state index contributed by atoms with van der Waals surface area (Å²) in [5.41, 5.74) is 2.24. The van der Waals surface area contributed by atoms with Crippen LogP contribution in [0.15, 0.2) is 42.5 Å². The normalized spacial score (nSPS) is 14.5. The summed E-state index contributed by atoms with van der Waals surface area (Å²) in [5.74, 6) is 2.51. The van der Waals surface area contributed by atoms with E-state index in [1.165, 1.54) is 5.56 Å². The molecule has 29 heavy (non-hydrogen) atoms. The van der Waals surface area contributed by atoms with Crippen molar-refractivity contribution >= 4 is 5.91 Å². The molecule has 0 spiro atoms. The molecular formula is C23H30N2O4. The Morgan fingerprint density at radius 2 is 1.48 bits per heavy atom. The molecule has 0 aromatic heterocycles. The van der Waals surface area contributed by atoms with Gasteiger partial charge in [0.2, 0.25) is 5.91 Å². The molecule has 1 amide bonds. The highest BCUT2D eigenvalue weighted by atomic mass is 16.5. The van der Waals surface area contributed by atoms with Crippen molar-refractivity contribution in [2.75, 3.05) is 54.1 Å². The second kappa shape index (κ2) is 10.2. The lowest BCUT2D eigenvalue weighted by Gasteiger charge is -2.35. The van der Waals surface area contributed by atoms with E-state index in [4.69, 9.17) is 14.2 Å². The Hall–Kier alpha value is -2.73. The summed E-state index contributed by atoms with van der Waals surface area (Å²) in [7, 11) is 4.95. The molecule has 1 saturated heterocycles. The molecule has 2 aromatic rings. The van der Waals surface area contributed by atoms with Crippen molar-refractivity contribution in [1.29, 1.82) is 0 Å². The van der Waals surface area contributed by atoms with Gasteiger partial charge in [0, 0.05) is 32.7 Å². The van der Waals surface area contributed by atoms with E-state index in [9.17, 15) is 4.79 Å². The van der Waals surface area contributed by atoms with E-state index in [-0.39, 0.29) is 5.91 Å². The zero-order chi connectivity index (χ0) is 20.6. The fraction of sp³-hybridized carbons (Fsp3) is 0.435. The molecule has 0 N–H and O–H groups in total. The molecule has 0 radical (unpaired) electrons. The molecule has 6 heteroatoms. The minimum Gasteiger partial charge on any atom is -0.497 e. The van der Waals surface area contributed by atoms with Gasteiger partial charge in [-0.25, -0.2) is 0 Å². The van der Waals surface area contributed by atoms with E-state index in [1.807, 2.05) is 41.3 Å². The number of hydrogen-bond acceptors (Lipinski definition) is 5. The Kier molecular flexibility index (Phi) is 7.36. The predicted octanol–water partition coefficient (Wildman–Crippen LogP) is 2.64. The molecule has 6 nitrogen and oxygen atoms in total. The molecule has 0 bridgehead atoms. The van der Waals surface area contributed by atoms with Crippen molar-refractivity contribution in [2.24, 2.45) is 0 Å². The van der Waals surface area contributed by atoms with Crippen molar-refractivity contribution in [3.8, 4) is 17.2 Å². The molecule has 3 rings (SSSR count). The van der Waals surface area contributed by atoms with Crippen molar-refractivity contribution in [1.82, 2.24) is 9.80 Å². The van der Waals surface area contributed by atoms with Gasteiger partial charge in [0.15, 0.2) is 11.5 Å². The van der Waals surface area contributed by atoms with Gasteiger partial charge in [-0.1, -0.05) is 18.2 Å². The second-order valence-corrected chi connectivity index (χ2v) is 7.19. The largest absolute Gasteiger partial charge is 0.497 e. The standard InChI is InChI=1S/C23H30N2O4/c1-27-20-7-4-18(5-8-20)17-23(26)25-14-12-24(13-15-25)11-10-19-6-9-21(28-2)22(16-19)29-3/h4-9,16H,10-15,17H2,1-3H3. The van der Waals surface area contributed by atoms with E-state index in [1.54, 1.807) is 21.3 Å². The minimum atomic E-state index is 0.190. The van der Waals surface area contributed by atoms with Crippen molar-refractivity contribution in [3.63, 3.8) is 0 Å². The molecule has 1 fully saturated rings. The molecule has 0 saturated carbocycles. The average molecular weight is 399 g/mol. The molecule has 0 aliphatic carbocycles. The number of benzene rings is 2. The Balaban J connectivity index is 1.44. The molecular weight excluding hydrogens is 368 g/mol. The van der Waals surface area contributed by atoms with Crippen LogP contribution in [-0.4, -0.2) is 69.8 Å². The zero-order valence-electron chi connectivity index (χ0n) is 17.5. The van der Waals surface area contributed by atoms with Gasteiger partial charge in [0.1, 0.15) is 5.75 Å². The SMILES string of the molecule is COc1ccc(CC(=O)N2CCN(CCc3ccc(OC)c(OC)c3)CC2)cc1. The molecule has 0 atom stereocenters. The van der Waals surface area contributed by atoms with Crippen LogP contribution in [0.25, 0.3) is 0 Å². The summed E-state index contributed by atoms with van der Waals surface area (Å²) in [6.45, 7) is 4.33. The average Bonchev–Trinajstić information content (AvgIpc) is 2.78. The number of ether oxygens (including phenoxy) is 3. The van der Waals surface area contributed by atoms with Crippen LogP contribution in [-0.2, 0) is 17.6 Å². The Labute approximate surface area is 173 Å². The maximum atomic E-state index is 12.6. The van der Waals surface area contributed by atoms with Crippen molar-refractivity contribution in [2.45, 2.75) is 12.8 Å². The highest BCUT2D eigenvalue weighted by Crippen LogP contribution is 2.27. The van der Waals surface area contributed by atoms with Crippen molar-refractivity contribution < 1.29 is 19.0 Å². The van der Waals surface area contributed by atoms with E-state index >= 15 is 0 Å². The highest BCUT2D eigenvalue weighted by Gasteiger charge is 2.21. The van der Waals surface area contributed by atoms with Gasteiger partial charge in [-0.2, -0.15) is 0 Å². The van der Waals surface area contributed by atoms with Crippen LogP contribution in [0.4, 0.5) is 0 Å². The quantitative estimate of drug-likeness (QED) is 0.684. The van der Waals surface area contributed by atoms with Crippen LogP contribution in [0.1, 0.15) is 11.1 Å². The van der Waals surface area contributed by atoms with Gasteiger partial charge in [0.25, 0.3) is 0 Å². The Bertz CT molecular complexity index is 799. The van der Waals surface area contributed by atoms with Gasteiger partial charge >= 0.3 is 0 Å². The maximum absolute atomic E-state index is 12.6. The Morgan fingerprint density at radius 3 is 2.10 bits per heavy atom. The fourth-order valence-electron chi connectivity index (χ4n) is 3.57. The summed E-state index contributed by atoms with van der Waals surface area (Å²) in [6.07, 6.45) is 1.38. The first-order chi connectivity index (χ1) is 14.1. The molecule has 1 aliphatic rings. The zero-order valence-corrected chi connectivity index (χ0v) is 17.5. The number of rotatable bonds is 8. The van der Waals surface area contributed by atoms with Gasteiger partial charge in [-0.15, -0.1) is 0 Å².